The Bertz CT molecular complexity index is 743. The van der Waals surface area contributed by atoms with Crippen molar-refractivity contribution in [3.63, 3.8) is 0 Å². The highest BCUT2D eigenvalue weighted by molar-refractivity contribution is 7.99. The molecule has 0 fully saturated rings. The van der Waals surface area contributed by atoms with Gasteiger partial charge in [-0.15, -0.1) is 33.3 Å². The average Bonchev–Trinajstić information content (AvgIpc) is 3.12. The maximum absolute atomic E-state index is 13.2. The summed E-state index contributed by atoms with van der Waals surface area (Å²) >= 11 is 2.84. The molecule has 0 aliphatic heterocycles. The minimum atomic E-state index is -0.864. The Hall–Kier alpha value is -1.73. The first-order valence-electron chi connectivity index (χ1n) is 6.12. The van der Waals surface area contributed by atoms with Gasteiger partial charge in [0.05, 0.1) is 10.1 Å². The fourth-order valence-electron chi connectivity index (χ4n) is 1.70. The van der Waals surface area contributed by atoms with Crippen LogP contribution in [0.1, 0.15) is 18.1 Å². The Balaban J connectivity index is 1.76. The molecule has 3 rings (SSSR count). The van der Waals surface area contributed by atoms with Crippen LogP contribution in [0.3, 0.4) is 0 Å². The molecule has 3 nitrogen and oxygen atoms in total. The van der Waals surface area contributed by atoms with E-state index in [2.05, 4.69) is 10.2 Å². The van der Waals surface area contributed by atoms with Gasteiger partial charge in [0, 0.05) is 4.90 Å². The molecule has 0 N–H and O–H groups in total. The van der Waals surface area contributed by atoms with Crippen LogP contribution in [0, 0.1) is 11.6 Å². The number of benzene rings is 1. The third kappa shape index (κ3) is 3.14. The fourth-order valence-corrected chi connectivity index (χ4v) is 3.27. The molecule has 0 bridgehead atoms. The van der Waals surface area contributed by atoms with E-state index >= 15 is 0 Å². The Labute approximate surface area is 128 Å². The second kappa shape index (κ2) is 5.95. The molecule has 0 saturated heterocycles. The topological polar surface area (TPSA) is 38.9 Å². The zero-order valence-electron chi connectivity index (χ0n) is 10.9. The quantitative estimate of drug-likeness (QED) is 0.638. The smallest absolute Gasteiger partial charge is 0.257 e. The van der Waals surface area contributed by atoms with Gasteiger partial charge in [-0.05, 0) is 36.6 Å². The lowest BCUT2D eigenvalue weighted by Crippen LogP contribution is -1.90. The maximum atomic E-state index is 13.2. The van der Waals surface area contributed by atoms with Crippen molar-refractivity contribution in [1.29, 1.82) is 0 Å². The van der Waals surface area contributed by atoms with E-state index in [0.29, 0.717) is 16.7 Å². The summed E-state index contributed by atoms with van der Waals surface area (Å²) in [6, 6.07) is 7.59. The molecule has 2 aromatic heterocycles. The van der Waals surface area contributed by atoms with E-state index in [1.807, 2.05) is 24.4 Å². The van der Waals surface area contributed by atoms with Crippen LogP contribution < -0.4 is 0 Å². The summed E-state index contributed by atoms with van der Waals surface area (Å²) in [5.74, 6) is -0.798. The van der Waals surface area contributed by atoms with Crippen LogP contribution in [0.25, 0.3) is 10.8 Å². The molecular formula is C14H10F2N2OS2. The number of thiophene rings is 1. The van der Waals surface area contributed by atoms with Gasteiger partial charge in [-0.3, -0.25) is 0 Å². The zero-order chi connectivity index (χ0) is 14.8. The van der Waals surface area contributed by atoms with Crippen molar-refractivity contribution < 1.29 is 13.2 Å². The van der Waals surface area contributed by atoms with Crippen molar-refractivity contribution >= 4 is 23.1 Å². The van der Waals surface area contributed by atoms with Crippen LogP contribution in [0.5, 0.6) is 0 Å². The third-order valence-electron chi connectivity index (χ3n) is 2.72. The van der Waals surface area contributed by atoms with E-state index < -0.39 is 11.6 Å². The van der Waals surface area contributed by atoms with Crippen molar-refractivity contribution in [2.75, 3.05) is 0 Å². The minimum Gasteiger partial charge on any atom is -0.419 e. The lowest BCUT2D eigenvalue weighted by atomic mass is 10.3. The summed E-state index contributed by atoms with van der Waals surface area (Å²) in [6.45, 7) is 1.87. The van der Waals surface area contributed by atoms with Gasteiger partial charge in [-0.2, -0.15) is 0 Å². The summed E-state index contributed by atoms with van der Waals surface area (Å²) in [7, 11) is 0. The Morgan fingerprint density at radius 2 is 2.05 bits per heavy atom. The van der Waals surface area contributed by atoms with Crippen molar-refractivity contribution in [2.45, 2.75) is 17.1 Å². The van der Waals surface area contributed by atoms with Gasteiger partial charge in [-0.1, -0.05) is 6.07 Å². The Morgan fingerprint density at radius 1 is 1.19 bits per heavy atom. The molecule has 0 radical (unpaired) electrons. The van der Waals surface area contributed by atoms with Gasteiger partial charge in [-0.25, -0.2) is 8.78 Å². The van der Waals surface area contributed by atoms with E-state index in [4.69, 9.17) is 4.42 Å². The number of aromatic nitrogens is 2. The maximum Gasteiger partial charge on any atom is 0.257 e. The van der Waals surface area contributed by atoms with E-state index in [9.17, 15) is 8.78 Å². The predicted octanol–water partition coefficient (Wildman–Crippen LogP) is 4.93. The fraction of sp³-hybridized carbons (Fsp3) is 0.143. The van der Waals surface area contributed by atoms with Crippen LogP contribution in [-0.2, 0) is 0 Å². The van der Waals surface area contributed by atoms with Gasteiger partial charge in [0.25, 0.3) is 5.89 Å². The molecule has 0 aliphatic carbocycles. The normalized spacial score (nSPS) is 12.5. The summed E-state index contributed by atoms with van der Waals surface area (Å²) in [4.78, 5) is 1.51. The van der Waals surface area contributed by atoms with Crippen LogP contribution in [0.4, 0.5) is 8.78 Å². The van der Waals surface area contributed by atoms with Gasteiger partial charge >= 0.3 is 0 Å². The highest BCUT2D eigenvalue weighted by Crippen LogP contribution is 2.36. The second-order valence-corrected chi connectivity index (χ2v) is 6.62. The summed E-state index contributed by atoms with van der Waals surface area (Å²) < 4.78 is 31.7. The average molecular weight is 324 g/mol. The monoisotopic (exact) mass is 324 g/mol. The molecule has 108 valence electrons. The number of hydrogen-bond acceptors (Lipinski definition) is 5. The van der Waals surface area contributed by atoms with Crippen molar-refractivity contribution in [3.05, 3.63) is 53.2 Å². The lowest BCUT2D eigenvalue weighted by molar-refractivity contribution is 0.504. The first kappa shape index (κ1) is 14.2. The number of thioether (sulfide) groups is 1. The summed E-state index contributed by atoms with van der Waals surface area (Å²) in [6.07, 6.45) is 0. The molecule has 0 spiro atoms. The molecule has 1 atom stereocenters. The first-order chi connectivity index (χ1) is 10.1. The number of nitrogens with zero attached hydrogens (tertiary/aromatic N) is 2. The van der Waals surface area contributed by atoms with Gasteiger partial charge in [0.15, 0.2) is 11.6 Å². The van der Waals surface area contributed by atoms with Crippen LogP contribution in [0.15, 0.2) is 45.0 Å². The standard InChI is InChI=1S/C14H10F2N2OS2/c1-8(21-9-4-5-10(15)11(16)7-9)13-17-18-14(19-13)12-3-2-6-20-12/h2-8H,1H3/t8-/m1/s1. The lowest BCUT2D eigenvalue weighted by Gasteiger charge is -2.06. The second-order valence-electron chi connectivity index (χ2n) is 4.26. The highest BCUT2D eigenvalue weighted by atomic mass is 32.2. The van der Waals surface area contributed by atoms with Crippen molar-refractivity contribution in [2.24, 2.45) is 0 Å². The number of rotatable bonds is 4. The Kier molecular flexibility index (Phi) is 4.03. The molecule has 3 aromatic rings. The van der Waals surface area contributed by atoms with Gasteiger partial charge < -0.3 is 4.42 Å². The molecule has 7 heteroatoms. The molecule has 0 saturated carbocycles. The summed E-state index contributed by atoms with van der Waals surface area (Å²) in [5.41, 5.74) is 0. The number of halogens is 2. The first-order valence-corrected chi connectivity index (χ1v) is 7.88. The largest absolute Gasteiger partial charge is 0.419 e. The molecule has 21 heavy (non-hydrogen) atoms. The summed E-state index contributed by atoms with van der Waals surface area (Å²) in [5, 5.41) is 9.78. The molecule has 0 amide bonds. The minimum absolute atomic E-state index is 0.156. The molecule has 0 aliphatic rings. The van der Waals surface area contributed by atoms with Gasteiger partial charge in [0.2, 0.25) is 5.89 Å². The SMILES string of the molecule is C[C@@H](Sc1ccc(F)c(F)c1)c1nnc(-c2cccs2)o1. The third-order valence-corrected chi connectivity index (χ3v) is 4.66. The van der Waals surface area contributed by atoms with Crippen molar-refractivity contribution in [1.82, 2.24) is 10.2 Å². The van der Waals surface area contributed by atoms with Crippen molar-refractivity contribution in [3.8, 4) is 10.8 Å². The predicted molar refractivity (Wildman–Crippen MR) is 78.2 cm³/mol. The van der Waals surface area contributed by atoms with E-state index in [-0.39, 0.29) is 5.25 Å². The molecule has 0 unspecified atom stereocenters. The van der Waals surface area contributed by atoms with Crippen LogP contribution in [0.2, 0.25) is 0 Å². The highest BCUT2D eigenvalue weighted by Gasteiger charge is 2.17. The molecular weight excluding hydrogens is 314 g/mol. The number of hydrogen-bond donors (Lipinski definition) is 0. The Morgan fingerprint density at radius 3 is 2.76 bits per heavy atom. The van der Waals surface area contributed by atoms with E-state index in [1.54, 1.807) is 0 Å². The molecule has 1 aromatic carbocycles. The van der Waals surface area contributed by atoms with E-state index in [1.165, 1.54) is 29.2 Å². The van der Waals surface area contributed by atoms with Crippen LogP contribution in [-0.4, -0.2) is 10.2 Å². The zero-order valence-corrected chi connectivity index (χ0v) is 12.5. The van der Waals surface area contributed by atoms with Crippen LogP contribution >= 0.6 is 23.1 Å². The van der Waals surface area contributed by atoms with Gasteiger partial charge in [0.1, 0.15) is 0 Å². The molecule has 2 heterocycles. The van der Waals surface area contributed by atoms with E-state index in [0.717, 1.165) is 17.0 Å².